The fourth-order valence-electron chi connectivity index (χ4n) is 5.47. The molecule has 0 saturated carbocycles. The summed E-state index contributed by atoms with van der Waals surface area (Å²) in [4.78, 5) is 30.0. The minimum atomic E-state index is 0.117. The molecule has 10 nitrogen and oxygen atoms in total. The fourth-order valence-corrected chi connectivity index (χ4v) is 5.60. The molecule has 11 heteroatoms. The zero-order chi connectivity index (χ0) is 29.8. The van der Waals surface area contributed by atoms with Crippen LogP contribution in [-0.2, 0) is 17.6 Å². The number of likely N-dealkylation sites (N-methyl/N-ethyl adjacent to an activating group) is 2. The number of aromatic nitrogens is 2. The highest BCUT2D eigenvalue weighted by Crippen LogP contribution is 2.34. The Balaban J connectivity index is 1.30. The molecule has 0 bridgehead atoms. The number of benzene rings is 2. The molecule has 224 valence electrons. The van der Waals surface area contributed by atoms with E-state index in [1.54, 1.807) is 32.3 Å². The number of rotatable bonds is 8. The molecule has 2 aromatic carbocycles. The van der Waals surface area contributed by atoms with E-state index in [4.69, 9.17) is 21.3 Å². The first kappa shape index (κ1) is 29.9. The van der Waals surface area contributed by atoms with E-state index in [-0.39, 0.29) is 5.91 Å². The van der Waals surface area contributed by atoms with Gasteiger partial charge in [0.2, 0.25) is 11.9 Å². The van der Waals surface area contributed by atoms with Crippen LogP contribution in [-0.4, -0.2) is 105 Å². The van der Waals surface area contributed by atoms with Crippen LogP contribution < -0.4 is 20.3 Å². The van der Waals surface area contributed by atoms with Crippen LogP contribution in [0.25, 0.3) is 0 Å². The number of methoxy groups -OCH3 is 1. The number of ether oxygens (including phenoxy) is 1. The summed E-state index contributed by atoms with van der Waals surface area (Å²) >= 11 is 6.51. The highest BCUT2D eigenvalue weighted by molar-refractivity contribution is 6.32. The summed E-state index contributed by atoms with van der Waals surface area (Å²) in [5.41, 5.74) is 6.61. The number of nitrogens with one attached hydrogen (secondary N) is 2. The second-order valence-electron chi connectivity index (χ2n) is 11.3. The third kappa shape index (κ3) is 7.06. The molecule has 2 aliphatic rings. The molecule has 1 amide bonds. The van der Waals surface area contributed by atoms with Crippen molar-refractivity contribution in [3.63, 3.8) is 0 Å². The van der Waals surface area contributed by atoms with Crippen LogP contribution in [0.5, 0.6) is 5.75 Å². The smallest absolute Gasteiger partial charge is 0.236 e. The number of piperazine rings is 1. The highest BCUT2D eigenvalue weighted by Gasteiger charge is 2.20. The third-order valence-corrected chi connectivity index (χ3v) is 8.34. The number of aryl methyl sites for hydroxylation is 1. The Hall–Kier alpha value is -3.60. The molecule has 1 saturated heterocycles. The summed E-state index contributed by atoms with van der Waals surface area (Å²) in [6.45, 7) is 8.39. The van der Waals surface area contributed by atoms with E-state index in [1.165, 1.54) is 22.4 Å². The Labute approximate surface area is 253 Å². The van der Waals surface area contributed by atoms with Gasteiger partial charge in [-0.25, -0.2) is 4.98 Å². The first-order valence-electron chi connectivity index (χ1n) is 14.4. The molecular formula is C31H41ClN8O2. The van der Waals surface area contributed by atoms with Gasteiger partial charge in [0.15, 0.2) is 5.82 Å². The first-order chi connectivity index (χ1) is 20.2. The topological polar surface area (TPSA) is 89.1 Å². The van der Waals surface area contributed by atoms with E-state index < -0.39 is 0 Å². The van der Waals surface area contributed by atoms with Gasteiger partial charge < -0.3 is 30.1 Å². The van der Waals surface area contributed by atoms with E-state index in [1.807, 2.05) is 0 Å². The monoisotopic (exact) mass is 592 g/mol. The van der Waals surface area contributed by atoms with Crippen molar-refractivity contribution in [1.29, 1.82) is 0 Å². The van der Waals surface area contributed by atoms with Crippen molar-refractivity contribution in [2.75, 3.05) is 89.6 Å². The lowest BCUT2D eigenvalue weighted by Gasteiger charge is -2.35. The van der Waals surface area contributed by atoms with Crippen LogP contribution in [0.3, 0.4) is 0 Å². The van der Waals surface area contributed by atoms with E-state index in [0.29, 0.717) is 23.3 Å². The Kier molecular flexibility index (Phi) is 9.35. The summed E-state index contributed by atoms with van der Waals surface area (Å²) in [6, 6.07) is 10.5. The molecule has 0 aliphatic carbocycles. The normalized spacial score (nSPS) is 16.0. The van der Waals surface area contributed by atoms with Crippen molar-refractivity contribution in [3.8, 4) is 5.75 Å². The lowest BCUT2D eigenvalue weighted by molar-refractivity contribution is -0.129. The lowest BCUT2D eigenvalue weighted by Crippen LogP contribution is -2.44. The second kappa shape index (κ2) is 13.1. The average Bonchev–Trinajstić information content (AvgIpc) is 3.16. The number of carbonyl (C=O) groups excluding carboxylic acids is 1. The maximum atomic E-state index is 12.3. The first-order valence-corrected chi connectivity index (χ1v) is 14.8. The molecule has 0 radical (unpaired) electrons. The van der Waals surface area contributed by atoms with Gasteiger partial charge in [0.1, 0.15) is 10.8 Å². The van der Waals surface area contributed by atoms with Gasteiger partial charge in [0.05, 0.1) is 25.5 Å². The van der Waals surface area contributed by atoms with Gasteiger partial charge in [-0.15, -0.1) is 0 Å². The maximum Gasteiger partial charge on any atom is 0.236 e. The molecule has 2 N–H and O–H groups in total. The van der Waals surface area contributed by atoms with Gasteiger partial charge in [0, 0.05) is 64.7 Å². The minimum absolute atomic E-state index is 0.117. The number of amides is 1. The number of carbonyl (C=O) groups is 1. The van der Waals surface area contributed by atoms with E-state index in [9.17, 15) is 4.79 Å². The zero-order valence-corrected chi connectivity index (χ0v) is 26.0. The van der Waals surface area contributed by atoms with Gasteiger partial charge in [-0.2, -0.15) is 4.98 Å². The largest absolute Gasteiger partial charge is 0.495 e. The molecule has 1 fully saturated rings. The number of anilines is 5. The molecule has 0 unspecified atom stereocenters. The summed E-state index contributed by atoms with van der Waals surface area (Å²) < 4.78 is 5.74. The van der Waals surface area contributed by atoms with Crippen LogP contribution in [0, 0.1) is 6.92 Å². The fraction of sp³-hybridized carbons (Fsp3) is 0.452. The summed E-state index contributed by atoms with van der Waals surface area (Å²) in [5, 5.41) is 7.15. The molecule has 0 atom stereocenters. The average molecular weight is 593 g/mol. The highest BCUT2D eigenvalue weighted by atomic mass is 35.5. The lowest BCUT2D eigenvalue weighted by atomic mass is 10.0. The predicted octanol–water partition coefficient (Wildman–Crippen LogP) is 4.17. The number of hydrogen-bond acceptors (Lipinski definition) is 9. The molecule has 0 spiro atoms. The zero-order valence-electron chi connectivity index (χ0n) is 25.2. The van der Waals surface area contributed by atoms with Crippen molar-refractivity contribution in [2.24, 2.45) is 0 Å². The van der Waals surface area contributed by atoms with Crippen molar-refractivity contribution in [1.82, 2.24) is 24.7 Å². The standard InChI is InChI=1S/C31H41ClN8O2/c1-21-16-24(6-7-27(21)40-14-12-38(4)13-15-40)34-30-25(32)19-33-31(36-30)35-26-17-22-8-10-39(20-29(41)37(2)3)11-9-23(22)18-28(26)42-5/h6-7,16-19H,8-15,20H2,1-5H3,(H2,33,34,35,36). The van der Waals surface area contributed by atoms with Gasteiger partial charge in [-0.1, -0.05) is 11.6 Å². The van der Waals surface area contributed by atoms with Gasteiger partial charge in [0.25, 0.3) is 0 Å². The Morgan fingerprint density at radius 2 is 1.74 bits per heavy atom. The van der Waals surface area contributed by atoms with Gasteiger partial charge in [-0.05, 0) is 73.8 Å². The molecular weight excluding hydrogens is 552 g/mol. The van der Waals surface area contributed by atoms with E-state index in [0.717, 1.165) is 69.2 Å². The number of hydrogen-bond donors (Lipinski definition) is 2. The van der Waals surface area contributed by atoms with Gasteiger partial charge in [-0.3, -0.25) is 9.69 Å². The molecule has 1 aromatic heterocycles. The van der Waals surface area contributed by atoms with Crippen molar-refractivity contribution < 1.29 is 9.53 Å². The second-order valence-corrected chi connectivity index (χ2v) is 11.7. The van der Waals surface area contributed by atoms with Crippen molar-refractivity contribution in [3.05, 3.63) is 58.2 Å². The molecule has 3 aromatic rings. The molecule has 5 rings (SSSR count). The minimum Gasteiger partial charge on any atom is -0.495 e. The number of nitrogens with zero attached hydrogens (tertiary/aromatic N) is 6. The third-order valence-electron chi connectivity index (χ3n) is 8.07. The van der Waals surface area contributed by atoms with Gasteiger partial charge >= 0.3 is 0 Å². The van der Waals surface area contributed by atoms with Crippen LogP contribution in [0.1, 0.15) is 16.7 Å². The van der Waals surface area contributed by atoms with E-state index in [2.05, 4.69) is 74.6 Å². The maximum absolute atomic E-state index is 12.3. The van der Waals surface area contributed by atoms with Crippen LogP contribution in [0.4, 0.5) is 28.8 Å². The van der Waals surface area contributed by atoms with Crippen molar-refractivity contribution >= 4 is 46.3 Å². The summed E-state index contributed by atoms with van der Waals surface area (Å²) in [6.07, 6.45) is 3.29. The summed E-state index contributed by atoms with van der Waals surface area (Å²) in [7, 11) is 7.42. The number of halogens is 1. The quantitative estimate of drug-likeness (QED) is 0.400. The van der Waals surface area contributed by atoms with Crippen LogP contribution in [0.15, 0.2) is 36.5 Å². The van der Waals surface area contributed by atoms with Crippen molar-refractivity contribution in [2.45, 2.75) is 19.8 Å². The molecule has 3 heterocycles. The predicted molar refractivity (Wildman–Crippen MR) is 170 cm³/mol. The SMILES string of the molecule is COc1cc2c(cc1Nc1ncc(Cl)c(Nc3ccc(N4CCN(C)CC4)c(C)c3)n1)CCN(CC(=O)N(C)C)CC2. The molecule has 42 heavy (non-hydrogen) atoms. The molecule has 2 aliphatic heterocycles. The summed E-state index contributed by atoms with van der Waals surface area (Å²) in [5.74, 6) is 1.77. The Bertz CT molecular complexity index is 1420. The number of fused-ring (bicyclic) bond motifs is 1. The Morgan fingerprint density at radius 1 is 1.02 bits per heavy atom. The Morgan fingerprint density at radius 3 is 2.40 bits per heavy atom. The van der Waals surface area contributed by atoms with Crippen LogP contribution >= 0.6 is 11.6 Å². The van der Waals surface area contributed by atoms with E-state index >= 15 is 0 Å². The van der Waals surface area contributed by atoms with Crippen LogP contribution in [0.2, 0.25) is 5.02 Å².